The van der Waals surface area contributed by atoms with Crippen LogP contribution >= 0.6 is 0 Å². The molecule has 0 radical (unpaired) electrons. The third kappa shape index (κ3) is 34.9. The summed E-state index contributed by atoms with van der Waals surface area (Å²) in [5.41, 5.74) is 7.31. The molecule has 11 aromatic carbocycles. The molecule has 0 aliphatic rings. The molecule has 138 heavy (non-hydrogen) atoms. The first kappa shape index (κ1) is 109. The van der Waals surface area contributed by atoms with Crippen molar-refractivity contribution in [3.63, 3.8) is 0 Å². The fourth-order valence-corrected chi connectivity index (χ4v) is 18.0. The predicted octanol–water partition coefficient (Wildman–Crippen LogP) is 25.3. The number of aliphatic carboxylic acids is 2. The van der Waals surface area contributed by atoms with E-state index in [2.05, 4.69) is 106 Å². The maximum Gasteiger partial charge on any atom is 0.407 e. The van der Waals surface area contributed by atoms with Crippen LogP contribution in [-0.2, 0) is 98.3 Å². The first-order chi connectivity index (χ1) is 66.2. The Balaban J connectivity index is 0.000000302. The Bertz CT molecular complexity index is 5730. The van der Waals surface area contributed by atoms with E-state index in [1.54, 1.807) is 42.1 Å². The van der Waals surface area contributed by atoms with Gasteiger partial charge in [-0.25, -0.2) is 14.4 Å². The number of rotatable bonds is 48. The van der Waals surface area contributed by atoms with Crippen LogP contribution in [0.2, 0.25) is 0 Å². The van der Waals surface area contributed by atoms with Crippen LogP contribution in [0.15, 0.2) is 182 Å². The third-order valence-electron chi connectivity index (χ3n) is 24.8. The number of unbranched alkanes of at least 4 members (excludes halogenated alkanes) is 22. The molecule has 22 heteroatoms. The number of nitrogens with zero attached hydrogens (tertiary/aromatic N) is 2. The number of likely N-dealkylation sites (N-methyl/N-ethyl adjacent to an activating group) is 2. The number of hydrogen-bond acceptors (Lipinski definition) is 13. The van der Waals surface area contributed by atoms with Crippen molar-refractivity contribution in [1.29, 1.82) is 0 Å². The lowest BCUT2D eigenvalue weighted by Crippen LogP contribution is -2.32. The number of carbonyl (C=O) groups excluding carboxylic acids is 7. The van der Waals surface area contributed by atoms with Gasteiger partial charge in [-0.15, -0.1) is 0 Å². The van der Waals surface area contributed by atoms with E-state index < -0.39 is 47.0 Å². The fourth-order valence-electron chi connectivity index (χ4n) is 18.0. The van der Waals surface area contributed by atoms with Gasteiger partial charge in [-0.2, -0.15) is 0 Å². The first-order valence-electron chi connectivity index (χ1n) is 50.2. The van der Waals surface area contributed by atoms with E-state index in [4.69, 9.17) is 24.4 Å². The minimum atomic E-state index is -1.05. The van der Waals surface area contributed by atoms with Gasteiger partial charge < -0.3 is 66.1 Å². The number of alkyl carbamates (subject to hydrolysis) is 3. The van der Waals surface area contributed by atoms with E-state index in [9.17, 15) is 43.2 Å². The average Bonchev–Trinajstić information content (AvgIpc) is 0.765. The number of amides is 7. The van der Waals surface area contributed by atoms with Gasteiger partial charge in [-0.05, 0) is 227 Å². The second-order valence-electron chi connectivity index (χ2n) is 39.5. The van der Waals surface area contributed by atoms with E-state index >= 15 is 0 Å². The number of ether oxygens (including phenoxy) is 3. The normalized spacial score (nSPS) is 11.5. The van der Waals surface area contributed by atoms with Gasteiger partial charge in [0.05, 0.1) is 25.7 Å². The van der Waals surface area contributed by atoms with Gasteiger partial charge in [0.2, 0.25) is 11.8 Å². The number of carboxylic acids is 2. The Labute approximate surface area is 818 Å². The standard InChI is InChI=1S/C69H87N5O7.C25H39NO5.C22H26N2O2/c1-10-11-12-13-14-15-16-17-18-19-20-29-40-70-65(77)49-39-38-48(42-63(75)73(8)46-61-55-34-25-21-30-51(55)59(52-31-22-26-35-56(52)61)44-71-66(78)80-68(2,3)4)50(41-49)43-64(76)74(9)47-62-57-36-27-23-32-53(57)60(54-33-24-28-37-58(54)62)45-72-67(79)81-69(5,6)7;1-2-3-4-5-6-7-8-9-10-11-12-13-16-26-25(31)21-15-14-20(18-23(27)28)22(17-21)19-24(29)30;1-22(2,3)26-21(25)24-14-20-17-11-7-5-9-15(17)19(13-23-4)16-10-6-8-12-18(16)20/h21-28,30-39,41H,10-20,29,40,42-47H2,1-9H3,(H,70,77)(H,71,78)(H,72,79);14-15,17H,2-13,16,18-19H2,1H3,(H,26,31)(H,27,28)(H,29,30);5-12,23H,13-14H2,1-4H3,(H,24,25). The summed E-state index contributed by atoms with van der Waals surface area (Å²) < 4.78 is 16.5. The van der Waals surface area contributed by atoms with Gasteiger partial charge in [0, 0.05) is 77.6 Å². The molecule has 11 aromatic rings. The second-order valence-corrected chi connectivity index (χ2v) is 39.5. The highest BCUT2D eigenvalue weighted by molar-refractivity contribution is 6.09. The van der Waals surface area contributed by atoms with Crippen LogP contribution in [0.4, 0.5) is 14.4 Å². The van der Waals surface area contributed by atoms with Gasteiger partial charge in [0.1, 0.15) is 16.8 Å². The molecular weight excluding hydrogens is 1730 g/mol. The zero-order valence-corrected chi connectivity index (χ0v) is 84.5. The van der Waals surface area contributed by atoms with Gasteiger partial charge >= 0.3 is 30.2 Å². The van der Waals surface area contributed by atoms with Gasteiger partial charge in [0.25, 0.3) is 11.8 Å². The van der Waals surface area contributed by atoms with Crippen molar-refractivity contribution < 1.29 is 67.6 Å². The van der Waals surface area contributed by atoms with Crippen LogP contribution in [0.25, 0.3) is 64.6 Å². The molecule has 0 aliphatic carbocycles. The van der Waals surface area contributed by atoms with Crippen LogP contribution < -0.4 is 31.9 Å². The van der Waals surface area contributed by atoms with Crippen LogP contribution in [-0.4, -0.2) is 125 Å². The molecule has 0 saturated heterocycles. The van der Waals surface area contributed by atoms with Crippen molar-refractivity contribution in [1.82, 2.24) is 41.7 Å². The van der Waals surface area contributed by atoms with E-state index in [1.165, 1.54) is 150 Å². The molecule has 22 nitrogen and oxygen atoms in total. The van der Waals surface area contributed by atoms with Crippen molar-refractivity contribution in [2.24, 2.45) is 0 Å². The molecule has 0 atom stereocenters. The number of benzene rings is 11. The van der Waals surface area contributed by atoms with Gasteiger partial charge in [-0.3, -0.25) is 28.8 Å². The first-order valence-corrected chi connectivity index (χ1v) is 50.2. The molecule has 0 heterocycles. The van der Waals surface area contributed by atoms with Gasteiger partial charge in [0.15, 0.2) is 0 Å². The number of carboxylic acid groups (broad SMARTS) is 2. The molecule has 0 spiro atoms. The summed E-state index contributed by atoms with van der Waals surface area (Å²) in [6.07, 6.45) is 27.9. The zero-order valence-electron chi connectivity index (χ0n) is 84.5. The topological polar surface area (TPSA) is 300 Å². The Morgan fingerprint density at radius 3 is 0.761 bits per heavy atom. The molecule has 7 amide bonds. The summed E-state index contributed by atoms with van der Waals surface area (Å²) >= 11 is 0. The molecule has 11 rings (SSSR count). The molecule has 0 saturated carbocycles. The number of hydrogen-bond donors (Lipinski definition) is 8. The summed E-state index contributed by atoms with van der Waals surface area (Å²) in [6, 6.07) is 58.9. The average molecular weight is 1880 g/mol. The summed E-state index contributed by atoms with van der Waals surface area (Å²) in [7, 11) is 5.55. The Hall–Kier alpha value is -12.4. The number of nitrogens with one attached hydrogen (secondary N) is 6. The molecule has 0 fully saturated rings. The Morgan fingerprint density at radius 2 is 0.507 bits per heavy atom. The zero-order chi connectivity index (χ0) is 99.7. The van der Waals surface area contributed by atoms with E-state index in [1.807, 2.05) is 160 Å². The monoisotopic (exact) mass is 1880 g/mol. The molecule has 0 bridgehead atoms. The predicted molar refractivity (Wildman–Crippen MR) is 559 cm³/mol. The Kier molecular flexibility index (Phi) is 43.7. The highest BCUT2D eigenvalue weighted by atomic mass is 16.6. The SMILES string of the molecule is CCCCCCCCCCCCCCNC(=O)c1ccc(CC(=O)N(C)Cc2c3ccccc3c(CNC(=O)OC(C)(C)C)c3ccccc23)c(CC(=O)N(C)Cc2c3ccccc3c(CNC(=O)OC(C)(C)C)c3ccccc23)c1.CCCCCCCCCCCCCCNC(=O)c1ccc(CC(=O)O)c(CC(=O)O)c1.CNCc1c2ccccc2c(CNC(=O)OC(C)(C)C)c2ccccc12. The second kappa shape index (κ2) is 55.2. The summed E-state index contributed by atoms with van der Waals surface area (Å²) in [5, 5.41) is 48.6. The molecule has 0 aromatic heterocycles. The lowest BCUT2D eigenvalue weighted by Gasteiger charge is -2.24. The molecular formula is C116H152N8O14. The summed E-state index contributed by atoms with van der Waals surface area (Å²) in [6.45, 7) is 24.5. The molecule has 740 valence electrons. The molecule has 0 unspecified atom stereocenters. The molecule has 0 aliphatic heterocycles. The molecule has 8 N–H and O–H groups in total. The quantitative estimate of drug-likeness (QED) is 0.00999. The summed E-state index contributed by atoms with van der Waals surface area (Å²) in [5.74, 6) is -2.87. The summed E-state index contributed by atoms with van der Waals surface area (Å²) in [4.78, 5) is 119. The van der Waals surface area contributed by atoms with Crippen molar-refractivity contribution in [2.45, 2.75) is 312 Å². The largest absolute Gasteiger partial charge is 0.481 e. The fraction of sp³-hybridized carbons (Fsp3) is 0.457. The lowest BCUT2D eigenvalue weighted by atomic mass is 9.91. The smallest absolute Gasteiger partial charge is 0.407 e. The van der Waals surface area contributed by atoms with Crippen molar-refractivity contribution in [3.05, 3.63) is 249 Å². The highest BCUT2D eigenvalue weighted by Crippen LogP contribution is 2.38. The van der Waals surface area contributed by atoms with Crippen molar-refractivity contribution >= 4 is 118 Å². The number of carbonyl (C=O) groups is 9. The van der Waals surface area contributed by atoms with E-state index in [-0.39, 0.29) is 68.9 Å². The van der Waals surface area contributed by atoms with E-state index in [0.29, 0.717) is 59.6 Å². The minimum absolute atomic E-state index is 0.00537. The van der Waals surface area contributed by atoms with Crippen LogP contribution in [0.5, 0.6) is 0 Å². The van der Waals surface area contributed by atoms with Crippen LogP contribution in [0.3, 0.4) is 0 Å². The maximum atomic E-state index is 14.7. The number of fused-ring (bicyclic) bond motifs is 6. The minimum Gasteiger partial charge on any atom is -0.481 e. The van der Waals surface area contributed by atoms with Crippen molar-refractivity contribution in [3.8, 4) is 0 Å². The van der Waals surface area contributed by atoms with Crippen LogP contribution in [0.1, 0.15) is 307 Å². The van der Waals surface area contributed by atoms with Gasteiger partial charge in [-0.1, -0.05) is 313 Å². The third-order valence-corrected chi connectivity index (χ3v) is 24.8. The van der Waals surface area contributed by atoms with E-state index in [0.717, 1.165) is 120 Å². The lowest BCUT2D eigenvalue weighted by molar-refractivity contribution is -0.137. The van der Waals surface area contributed by atoms with Crippen LogP contribution in [0, 0.1) is 0 Å². The maximum absolute atomic E-state index is 14.7. The Morgan fingerprint density at radius 1 is 0.283 bits per heavy atom. The van der Waals surface area contributed by atoms with Crippen molar-refractivity contribution in [2.75, 3.05) is 34.2 Å². The highest BCUT2D eigenvalue weighted by Gasteiger charge is 2.27.